The molecule has 2 amide bonds. The van der Waals surface area contributed by atoms with Crippen molar-refractivity contribution in [3.63, 3.8) is 0 Å². The van der Waals surface area contributed by atoms with Gasteiger partial charge in [-0.05, 0) is 49.4 Å². The van der Waals surface area contributed by atoms with E-state index in [1.54, 1.807) is 20.8 Å². The first-order valence-corrected chi connectivity index (χ1v) is 11.9. The fraction of sp³-hybridized carbons (Fsp3) is 0.444. The lowest BCUT2D eigenvalue weighted by molar-refractivity contribution is -0.143. The Morgan fingerprint density at radius 2 is 1.62 bits per heavy atom. The van der Waals surface area contributed by atoms with Crippen LogP contribution in [0.25, 0.3) is 11.1 Å². The summed E-state index contributed by atoms with van der Waals surface area (Å²) in [5.74, 6) is -1.35. The lowest BCUT2D eigenvalue weighted by Crippen LogP contribution is -2.59. The van der Waals surface area contributed by atoms with E-state index in [4.69, 9.17) is 9.84 Å². The average molecular weight is 467 g/mol. The van der Waals surface area contributed by atoms with Gasteiger partial charge in [-0.3, -0.25) is 9.59 Å². The molecule has 7 nitrogen and oxygen atoms in total. The van der Waals surface area contributed by atoms with E-state index in [0.717, 1.165) is 22.3 Å². The van der Waals surface area contributed by atoms with Gasteiger partial charge in [-0.25, -0.2) is 4.79 Å². The maximum atomic E-state index is 13.4. The van der Waals surface area contributed by atoms with Crippen molar-refractivity contribution in [3.8, 4) is 11.1 Å². The highest BCUT2D eigenvalue weighted by Crippen LogP contribution is 2.44. The summed E-state index contributed by atoms with van der Waals surface area (Å²) in [4.78, 5) is 38.9. The molecular weight excluding hydrogens is 432 g/mol. The zero-order valence-corrected chi connectivity index (χ0v) is 20.3. The Bertz CT molecular complexity index is 1010. The average Bonchev–Trinajstić information content (AvgIpc) is 3.11. The molecule has 34 heavy (non-hydrogen) atoms. The Kier molecular flexibility index (Phi) is 7.97. The van der Waals surface area contributed by atoms with Gasteiger partial charge in [0, 0.05) is 18.5 Å². The summed E-state index contributed by atoms with van der Waals surface area (Å²) in [5, 5.41) is 11.9. The molecule has 1 aliphatic carbocycles. The van der Waals surface area contributed by atoms with Crippen molar-refractivity contribution in [1.82, 2.24) is 10.2 Å². The molecule has 7 heteroatoms. The maximum absolute atomic E-state index is 13.4. The van der Waals surface area contributed by atoms with Crippen molar-refractivity contribution < 1.29 is 24.2 Å². The van der Waals surface area contributed by atoms with Crippen LogP contribution in [0, 0.1) is 0 Å². The van der Waals surface area contributed by atoms with Crippen LogP contribution in [0.15, 0.2) is 48.5 Å². The van der Waals surface area contributed by atoms with Crippen LogP contribution in [0.2, 0.25) is 0 Å². The number of hydrogen-bond donors (Lipinski definition) is 2. The Balaban J connectivity index is 1.73. The highest BCUT2D eigenvalue weighted by molar-refractivity contribution is 5.90. The standard InChI is InChI=1S/C27H34N2O5/c1-5-15-27(4,25(32)29(6-2)18(3)16-24(30)31)28-26(33)34-17-23-21-13-9-7-11-19(21)20-12-8-10-14-22(20)23/h7-14,18,23H,5-6,15-17H2,1-4H3,(H,28,33)(H,30,31). The van der Waals surface area contributed by atoms with E-state index in [2.05, 4.69) is 29.6 Å². The highest BCUT2D eigenvalue weighted by Gasteiger charge is 2.39. The van der Waals surface area contributed by atoms with Gasteiger partial charge in [0.15, 0.2) is 0 Å². The van der Waals surface area contributed by atoms with Crippen molar-refractivity contribution in [3.05, 3.63) is 59.7 Å². The third-order valence-electron chi connectivity index (χ3n) is 6.55. The topological polar surface area (TPSA) is 95.9 Å². The molecule has 0 saturated heterocycles. The Hall–Kier alpha value is -3.35. The van der Waals surface area contributed by atoms with E-state index >= 15 is 0 Å². The number of carboxylic acids is 1. The zero-order valence-electron chi connectivity index (χ0n) is 20.3. The number of aliphatic carboxylic acids is 1. The van der Waals surface area contributed by atoms with Gasteiger partial charge < -0.3 is 20.1 Å². The number of carbonyl (C=O) groups is 3. The molecule has 3 rings (SSSR count). The minimum atomic E-state index is -1.19. The number of hydrogen-bond acceptors (Lipinski definition) is 4. The van der Waals surface area contributed by atoms with Crippen molar-refractivity contribution in [2.24, 2.45) is 0 Å². The maximum Gasteiger partial charge on any atom is 0.408 e. The molecule has 0 radical (unpaired) electrons. The fourth-order valence-corrected chi connectivity index (χ4v) is 4.92. The van der Waals surface area contributed by atoms with Gasteiger partial charge in [0.25, 0.3) is 0 Å². The predicted octanol–water partition coefficient (Wildman–Crippen LogP) is 4.80. The van der Waals surface area contributed by atoms with Crippen molar-refractivity contribution >= 4 is 18.0 Å². The van der Waals surface area contributed by atoms with Crippen molar-refractivity contribution in [2.75, 3.05) is 13.2 Å². The number of fused-ring (bicyclic) bond motifs is 3. The van der Waals surface area contributed by atoms with Crippen LogP contribution in [0.5, 0.6) is 0 Å². The summed E-state index contributed by atoms with van der Waals surface area (Å²) in [5.41, 5.74) is 3.32. The molecule has 2 atom stereocenters. The minimum absolute atomic E-state index is 0.0750. The summed E-state index contributed by atoms with van der Waals surface area (Å²) in [6.07, 6.45) is 0.253. The van der Waals surface area contributed by atoms with Crippen LogP contribution in [0.1, 0.15) is 64.0 Å². The Morgan fingerprint density at radius 3 is 2.12 bits per heavy atom. The molecule has 2 unspecified atom stereocenters. The van der Waals surface area contributed by atoms with Crippen LogP contribution in [0.3, 0.4) is 0 Å². The minimum Gasteiger partial charge on any atom is -0.481 e. The van der Waals surface area contributed by atoms with Gasteiger partial charge in [0.2, 0.25) is 5.91 Å². The van der Waals surface area contributed by atoms with E-state index in [9.17, 15) is 14.4 Å². The summed E-state index contributed by atoms with van der Waals surface area (Å²) in [6, 6.07) is 15.7. The Morgan fingerprint density at radius 1 is 1.06 bits per heavy atom. The molecule has 0 heterocycles. The van der Waals surface area contributed by atoms with Crippen LogP contribution in [-0.4, -0.2) is 52.7 Å². The fourth-order valence-electron chi connectivity index (χ4n) is 4.92. The van der Waals surface area contributed by atoms with Gasteiger partial charge in [-0.2, -0.15) is 0 Å². The summed E-state index contributed by atoms with van der Waals surface area (Å²) < 4.78 is 5.66. The summed E-state index contributed by atoms with van der Waals surface area (Å²) >= 11 is 0. The van der Waals surface area contributed by atoms with E-state index in [1.165, 1.54) is 4.90 Å². The molecule has 0 aromatic heterocycles. The second kappa shape index (κ2) is 10.7. The van der Waals surface area contributed by atoms with E-state index in [1.807, 2.05) is 31.2 Å². The molecule has 0 spiro atoms. The molecule has 2 aromatic rings. The lowest BCUT2D eigenvalue weighted by Gasteiger charge is -2.37. The first kappa shape index (κ1) is 25.3. The second-order valence-electron chi connectivity index (χ2n) is 9.07. The number of likely N-dealkylation sites (N-methyl/N-ethyl adjacent to an activating group) is 1. The number of carboxylic acid groups (broad SMARTS) is 1. The van der Waals surface area contributed by atoms with Crippen LogP contribution < -0.4 is 5.32 Å². The SMILES string of the molecule is CCCC(C)(NC(=O)OCC1c2ccccc2-c2ccccc21)C(=O)N(CC)C(C)CC(=O)O. The van der Waals surface area contributed by atoms with Gasteiger partial charge in [0.05, 0.1) is 6.42 Å². The van der Waals surface area contributed by atoms with Gasteiger partial charge in [0.1, 0.15) is 12.1 Å². The molecule has 2 aromatic carbocycles. The van der Waals surface area contributed by atoms with Crippen molar-refractivity contribution in [1.29, 1.82) is 0 Å². The van der Waals surface area contributed by atoms with Crippen LogP contribution >= 0.6 is 0 Å². The smallest absolute Gasteiger partial charge is 0.408 e. The number of benzene rings is 2. The largest absolute Gasteiger partial charge is 0.481 e. The second-order valence-corrected chi connectivity index (χ2v) is 9.07. The third-order valence-corrected chi connectivity index (χ3v) is 6.55. The van der Waals surface area contributed by atoms with Crippen LogP contribution in [0.4, 0.5) is 4.79 Å². The van der Waals surface area contributed by atoms with E-state index in [0.29, 0.717) is 19.4 Å². The number of alkyl carbamates (subject to hydrolysis) is 1. The number of carbonyl (C=O) groups excluding carboxylic acids is 2. The zero-order chi connectivity index (χ0) is 24.9. The van der Waals surface area contributed by atoms with Crippen molar-refractivity contribution in [2.45, 2.75) is 64.5 Å². The summed E-state index contributed by atoms with van der Waals surface area (Å²) in [7, 11) is 0. The molecular formula is C27H34N2O5. The number of nitrogens with one attached hydrogen (secondary N) is 1. The van der Waals surface area contributed by atoms with Gasteiger partial charge in [-0.15, -0.1) is 0 Å². The van der Waals surface area contributed by atoms with Gasteiger partial charge >= 0.3 is 12.1 Å². The molecule has 2 N–H and O–H groups in total. The lowest BCUT2D eigenvalue weighted by atomic mass is 9.93. The summed E-state index contributed by atoms with van der Waals surface area (Å²) in [6.45, 7) is 7.62. The predicted molar refractivity (Wildman–Crippen MR) is 131 cm³/mol. The molecule has 182 valence electrons. The first-order chi connectivity index (χ1) is 16.2. The number of amides is 2. The Labute approximate surface area is 201 Å². The normalized spacial score (nSPS) is 14.9. The van der Waals surface area contributed by atoms with Crippen LogP contribution in [-0.2, 0) is 14.3 Å². The third kappa shape index (κ3) is 5.24. The molecule has 0 aliphatic heterocycles. The molecule has 1 aliphatic rings. The van der Waals surface area contributed by atoms with E-state index in [-0.39, 0.29) is 24.9 Å². The number of rotatable bonds is 10. The molecule has 0 saturated carbocycles. The highest BCUT2D eigenvalue weighted by atomic mass is 16.5. The molecule has 0 fully saturated rings. The molecule has 0 bridgehead atoms. The van der Waals surface area contributed by atoms with E-state index < -0.39 is 23.6 Å². The number of nitrogens with zero attached hydrogens (tertiary/aromatic N) is 1. The monoisotopic (exact) mass is 466 g/mol. The number of ether oxygens (including phenoxy) is 1. The first-order valence-electron chi connectivity index (χ1n) is 11.9. The van der Waals surface area contributed by atoms with Gasteiger partial charge in [-0.1, -0.05) is 61.9 Å². The quantitative estimate of drug-likeness (QED) is 0.525.